The first-order valence-electron chi connectivity index (χ1n) is 9.73. The van der Waals surface area contributed by atoms with Gasteiger partial charge in [-0.2, -0.15) is 0 Å². The van der Waals surface area contributed by atoms with Gasteiger partial charge in [0.2, 0.25) is 0 Å². The lowest BCUT2D eigenvalue weighted by Gasteiger charge is -2.15. The highest BCUT2D eigenvalue weighted by Gasteiger charge is 2.09. The van der Waals surface area contributed by atoms with Crippen molar-refractivity contribution in [1.82, 2.24) is 0 Å². The molecule has 0 spiro atoms. The first-order chi connectivity index (χ1) is 14.4. The van der Waals surface area contributed by atoms with Gasteiger partial charge in [0, 0.05) is 11.4 Å². The third-order valence-electron chi connectivity index (χ3n) is 4.28. The van der Waals surface area contributed by atoms with Crippen molar-refractivity contribution in [3.63, 3.8) is 0 Å². The summed E-state index contributed by atoms with van der Waals surface area (Å²) in [4.78, 5) is 5.42. The highest BCUT2D eigenvalue weighted by atomic mass is 35.5. The molecule has 0 saturated heterocycles. The Hall–Kier alpha value is -1.88. The Morgan fingerprint density at radius 1 is 1.07 bits per heavy atom. The molecule has 2 rings (SSSR count). The van der Waals surface area contributed by atoms with Crippen LogP contribution < -0.4 is 9.47 Å². The maximum Gasteiger partial charge on any atom is 0.125 e. The number of benzene rings is 2. The van der Waals surface area contributed by atoms with Gasteiger partial charge in [-0.15, -0.1) is 0 Å². The molecule has 0 fully saturated rings. The Bertz CT molecular complexity index is 876. The first kappa shape index (κ1) is 24.4. The van der Waals surface area contributed by atoms with E-state index < -0.39 is 0 Å². The Morgan fingerprint density at radius 3 is 2.47 bits per heavy atom. The fourth-order valence-corrected chi connectivity index (χ4v) is 3.00. The average molecular weight is 471 g/mol. The Morgan fingerprint density at radius 2 is 1.80 bits per heavy atom. The molecule has 0 unspecified atom stereocenters. The Balaban J connectivity index is 1.83. The monoisotopic (exact) mass is 469 g/mol. The SMILES string of the molecule is CCc1cc(OCC=C(Cl)Cl)cc(C)c1OCCCON=C(C)c1ccc(Cl)cc1. The fourth-order valence-electron chi connectivity index (χ4n) is 2.75. The van der Waals surface area contributed by atoms with E-state index in [1.54, 1.807) is 6.08 Å². The van der Waals surface area contributed by atoms with E-state index in [0.29, 0.717) is 24.8 Å². The van der Waals surface area contributed by atoms with Crippen LogP contribution in [0.2, 0.25) is 5.02 Å². The first-order valence-corrected chi connectivity index (χ1v) is 10.9. The van der Waals surface area contributed by atoms with Gasteiger partial charge in [-0.3, -0.25) is 0 Å². The van der Waals surface area contributed by atoms with E-state index in [-0.39, 0.29) is 4.49 Å². The summed E-state index contributed by atoms with van der Waals surface area (Å²) in [6.45, 7) is 7.31. The third-order valence-corrected chi connectivity index (χ3v) is 4.84. The van der Waals surface area contributed by atoms with E-state index in [1.165, 1.54) is 0 Å². The summed E-state index contributed by atoms with van der Waals surface area (Å²) >= 11 is 17.1. The summed E-state index contributed by atoms with van der Waals surface area (Å²) in [5.41, 5.74) is 3.88. The van der Waals surface area contributed by atoms with E-state index >= 15 is 0 Å². The average Bonchev–Trinajstić information content (AvgIpc) is 2.71. The second kappa shape index (κ2) is 12.7. The Labute approximate surface area is 193 Å². The van der Waals surface area contributed by atoms with Gasteiger partial charge in [0.05, 0.1) is 12.3 Å². The van der Waals surface area contributed by atoms with Gasteiger partial charge in [-0.1, -0.05) is 59.0 Å². The van der Waals surface area contributed by atoms with Gasteiger partial charge in [0.25, 0.3) is 0 Å². The van der Waals surface area contributed by atoms with Gasteiger partial charge >= 0.3 is 0 Å². The van der Waals surface area contributed by atoms with Crippen molar-refractivity contribution in [3.8, 4) is 11.5 Å². The number of ether oxygens (including phenoxy) is 2. The van der Waals surface area contributed by atoms with Crippen molar-refractivity contribution >= 4 is 40.5 Å². The molecule has 0 aliphatic carbocycles. The highest BCUT2D eigenvalue weighted by Crippen LogP contribution is 2.30. The zero-order valence-electron chi connectivity index (χ0n) is 17.4. The summed E-state index contributed by atoms with van der Waals surface area (Å²) in [6, 6.07) is 11.4. The molecule has 4 nitrogen and oxygen atoms in total. The molecular weight excluding hydrogens is 445 g/mol. The number of nitrogens with zero attached hydrogens (tertiary/aromatic N) is 1. The normalized spacial score (nSPS) is 11.2. The minimum absolute atomic E-state index is 0.192. The molecule has 0 atom stereocenters. The number of aryl methyl sites for hydroxylation is 2. The number of hydrogen-bond donors (Lipinski definition) is 0. The highest BCUT2D eigenvalue weighted by molar-refractivity contribution is 6.55. The maximum atomic E-state index is 6.01. The minimum Gasteiger partial charge on any atom is -0.493 e. The van der Waals surface area contributed by atoms with Crippen LogP contribution in [0.4, 0.5) is 0 Å². The zero-order valence-corrected chi connectivity index (χ0v) is 19.7. The van der Waals surface area contributed by atoms with Gasteiger partial charge in [-0.05, 0) is 67.3 Å². The molecule has 0 aromatic heterocycles. The van der Waals surface area contributed by atoms with Crippen LogP contribution in [0.1, 0.15) is 37.0 Å². The Kier molecular flexibility index (Phi) is 10.4. The standard InChI is InChI=1S/C23H26Cl3NO3/c1-4-18-15-21(28-13-10-22(25)26)14-16(2)23(18)29-11-5-12-30-27-17(3)19-6-8-20(24)9-7-19/h6-10,14-15H,4-5,11-13H2,1-3H3. The van der Waals surface area contributed by atoms with E-state index in [1.807, 2.05) is 50.2 Å². The number of oxime groups is 1. The van der Waals surface area contributed by atoms with Gasteiger partial charge in [-0.25, -0.2) is 0 Å². The van der Waals surface area contributed by atoms with Crippen LogP contribution in [-0.2, 0) is 11.3 Å². The van der Waals surface area contributed by atoms with Crippen molar-refractivity contribution in [2.45, 2.75) is 33.6 Å². The van der Waals surface area contributed by atoms with Crippen LogP contribution in [0.25, 0.3) is 0 Å². The van der Waals surface area contributed by atoms with Gasteiger partial charge in [0.1, 0.15) is 29.2 Å². The van der Waals surface area contributed by atoms with Crippen LogP contribution in [0, 0.1) is 6.92 Å². The maximum absolute atomic E-state index is 6.01. The molecule has 0 N–H and O–H groups in total. The summed E-state index contributed by atoms with van der Waals surface area (Å²) in [6.07, 6.45) is 3.16. The molecule has 0 aliphatic rings. The molecule has 0 heterocycles. The lowest BCUT2D eigenvalue weighted by atomic mass is 10.1. The largest absolute Gasteiger partial charge is 0.493 e. The van der Waals surface area contributed by atoms with E-state index in [4.69, 9.17) is 49.1 Å². The fraction of sp³-hybridized carbons (Fsp3) is 0.348. The van der Waals surface area contributed by atoms with Crippen molar-refractivity contribution in [1.29, 1.82) is 0 Å². The molecule has 162 valence electrons. The summed E-state index contributed by atoms with van der Waals surface area (Å²) in [7, 11) is 0. The molecule has 0 saturated carbocycles. The molecule has 30 heavy (non-hydrogen) atoms. The molecule has 0 bridgehead atoms. The summed E-state index contributed by atoms with van der Waals surface area (Å²) in [5.74, 6) is 1.65. The summed E-state index contributed by atoms with van der Waals surface area (Å²) in [5, 5.41) is 4.85. The molecular formula is C23H26Cl3NO3. The van der Waals surface area contributed by atoms with Gasteiger partial charge < -0.3 is 14.3 Å². The van der Waals surface area contributed by atoms with Crippen molar-refractivity contribution < 1.29 is 14.3 Å². The van der Waals surface area contributed by atoms with E-state index in [0.717, 1.165) is 46.7 Å². The van der Waals surface area contributed by atoms with Crippen LogP contribution in [0.15, 0.2) is 52.1 Å². The van der Waals surface area contributed by atoms with Crippen LogP contribution >= 0.6 is 34.8 Å². The van der Waals surface area contributed by atoms with Crippen molar-refractivity contribution in [2.75, 3.05) is 19.8 Å². The second-order valence-corrected chi connectivity index (χ2v) is 8.05. The molecule has 7 heteroatoms. The van der Waals surface area contributed by atoms with Crippen LogP contribution in [-0.4, -0.2) is 25.5 Å². The van der Waals surface area contributed by atoms with Crippen molar-refractivity contribution in [2.24, 2.45) is 5.16 Å². The quantitative estimate of drug-likeness (QED) is 0.199. The van der Waals surface area contributed by atoms with Gasteiger partial charge in [0.15, 0.2) is 0 Å². The molecule has 2 aromatic carbocycles. The smallest absolute Gasteiger partial charge is 0.125 e. The van der Waals surface area contributed by atoms with Crippen LogP contribution in [0.3, 0.4) is 0 Å². The third kappa shape index (κ3) is 8.10. The number of halogens is 3. The summed E-state index contributed by atoms with van der Waals surface area (Å²) < 4.78 is 11.9. The van der Waals surface area contributed by atoms with Crippen LogP contribution in [0.5, 0.6) is 11.5 Å². The number of rotatable bonds is 11. The molecule has 0 amide bonds. The van der Waals surface area contributed by atoms with E-state index in [9.17, 15) is 0 Å². The minimum atomic E-state index is 0.192. The molecule has 2 aromatic rings. The second-order valence-electron chi connectivity index (χ2n) is 6.61. The lowest BCUT2D eigenvalue weighted by Crippen LogP contribution is -2.06. The number of hydrogen-bond acceptors (Lipinski definition) is 4. The predicted octanol–water partition coefficient (Wildman–Crippen LogP) is 7.12. The van der Waals surface area contributed by atoms with E-state index in [2.05, 4.69) is 12.1 Å². The molecule has 0 aliphatic heterocycles. The predicted molar refractivity (Wildman–Crippen MR) is 126 cm³/mol. The van der Waals surface area contributed by atoms with Crippen molar-refractivity contribution in [3.05, 3.63) is 68.7 Å². The molecule has 0 radical (unpaired) electrons. The topological polar surface area (TPSA) is 40.0 Å². The lowest BCUT2D eigenvalue weighted by molar-refractivity contribution is 0.127. The zero-order chi connectivity index (χ0) is 21.9.